The lowest BCUT2D eigenvalue weighted by molar-refractivity contribution is 0.105. The van der Waals surface area contributed by atoms with Crippen LogP contribution in [-0.4, -0.2) is 65.9 Å². The smallest absolute Gasteiger partial charge is 0.322 e. The summed E-state index contributed by atoms with van der Waals surface area (Å²) in [6.07, 6.45) is 5.43. The van der Waals surface area contributed by atoms with Gasteiger partial charge in [-0.15, -0.1) is 0 Å². The molecule has 3 aromatic heterocycles. The van der Waals surface area contributed by atoms with Crippen LogP contribution in [0.2, 0.25) is 0 Å². The van der Waals surface area contributed by atoms with Crippen LogP contribution < -0.4 is 10.1 Å². The summed E-state index contributed by atoms with van der Waals surface area (Å²) in [7, 11) is 2.14. The van der Waals surface area contributed by atoms with Crippen molar-refractivity contribution in [3.8, 4) is 17.4 Å². The van der Waals surface area contributed by atoms with Gasteiger partial charge in [-0.1, -0.05) is 38.1 Å². The van der Waals surface area contributed by atoms with Crippen molar-refractivity contribution < 1.29 is 4.74 Å². The van der Waals surface area contributed by atoms with E-state index in [4.69, 9.17) is 14.7 Å². The van der Waals surface area contributed by atoms with Gasteiger partial charge in [-0.05, 0) is 31.4 Å². The predicted molar refractivity (Wildman–Crippen MR) is 125 cm³/mol. The molecule has 172 valence electrons. The molecule has 0 aliphatic carbocycles. The SMILES string of the molecule is CC(C)c1cnn2c(NCc3ccccc3-c3ncn[nH]3)nc(OC3CCN(C)CC3)nc12. The van der Waals surface area contributed by atoms with Gasteiger partial charge in [0.1, 0.15) is 12.4 Å². The van der Waals surface area contributed by atoms with Gasteiger partial charge in [-0.3, -0.25) is 5.10 Å². The largest absolute Gasteiger partial charge is 0.460 e. The lowest BCUT2D eigenvalue weighted by Gasteiger charge is -2.28. The minimum Gasteiger partial charge on any atom is -0.460 e. The highest BCUT2D eigenvalue weighted by atomic mass is 16.5. The summed E-state index contributed by atoms with van der Waals surface area (Å²) in [5.41, 5.74) is 3.89. The molecule has 0 amide bonds. The van der Waals surface area contributed by atoms with Crippen LogP contribution in [-0.2, 0) is 6.54 Å². The Morgan fingerprint density at radius 1 is 1.18 bits per heavy atom. The predicted octanol–water partition coefficient (Wildman–Crippen LogP) is 3.12. The first-order valence-electron chi connectivity index (χ1n) is 11.4. The Hall–Kier alpha value is -3.53. The maximum atomic E-state index is 6.24. The second kappa shape index (κ2) is 9.14. The zero-order valence-corrected chi connectivity index (χ0v) is 19.2. The van der Waals surface area contributed by atoms with Crippen LogP contribution in [0.1, 0.15) is 43.7 Å². The van der Waals surface area contributed by atoms with Crippen molar-refractivity contribution in [1.82, 2.24) is 39.7 Å². The molecule has 33 heavy (non-hydrogen) atoms. The van der Waals surface area contributed by atoms with Gasteiger partial charge in [0.2, 0.25) is 5.95 Å². The summed E-state index contributed by atoms with van der Waals surface area (Å²) in [4.78, 5) is 16.0. The van der Waals surface area contributed by atoms with Crippen molar-refractivity contribution in [3.63, 3.8) is 0 Å². The van der Waals surface area contributed by atoms with E-state index in [1.165, 1.54) is 6.33 Å². The van der Waals surface area contributed by atoms with E-state index < -0.39 is 0 Å². The highest BCUT2D eigenvalue weighted by Gasteiger charge is 2.22. The maximum absolute atomic E-state index is 6.24. The van der Waals surface area contributed by atoms with E-state index in [9.17, 15) is 0 Å². The summed E-state index contributed by atoms with van der Waals surface area (Å²) < 4.78 is 8.00. The molecule has 1 aliphatic rings. The summed E-state index contributed by atoms with van der Waals surface area (Å²) in [5, 5.41) is 14.9. The minimum absolute atomic E-state index is 0.120. The summed E-state index contributed by atoms with van der Waals surface area (Å²) in [5.74, 6) is 1.61. The molecular weight excluding hydrogens is 418 g/mol. The molecule has 4 heterocycles. The van der Waals surface area contributed by atoms with Crippen LogP contribution in [0.3, 0.4) is 0 Å². The van der Waals surface area contributed by atoms with Crippen molar-refractivity contribution >= 4 is 11.6 Å². The molecule has 0 radical (unpaired) electrons. The van der Waals surface area contributed by atoms with Crippen LogP contribution >= 0.6 is 0 Å². The van der Waals surface area contributed by atoms with Crippen LogP contribution in [0.15, 0.2) is 36.8 Å². The number of hydrogen-bond acceptors (Lipinski definition) is 8. The topological polar surface area (TPSA) is 109 Å². The van der Waals surface area contributed by atoms with Gasteiger partial charge in [0.25, 0.3) is 0 Å². The Morgan fingerprint density at radius 3 is 2.76 bits per heavy atom. The van der Waals surface area contributed by atoms with E-state index in [1.54, 1.807) is 4.52 Å². The number of hydrogen-bond donors (Lipinski definition) is 2. The van der Waals surface area contributed by atoms with Gasteiger partial charge >= 0.3 is 6.01 Å². The van der Waals surface area contributed by atoms with Crippen molar-refractivity contribution in [2.75, 3.05) is 25.5 Å². The van der Waals surface area contributed by atoms with Crippen molar-refractivity contribution in [2.24, 2.45) is 0 Å². The minimum atomic E-state index is 0.120. The number of aromatic nitrogens is 7. The average molecular weight is 448 g/mol. The number of aromatic amines is 1. The molecule has 10 nitrogen and oxygen atoms in total. The lowest BCUT2D eigenvalue weighted by atomic mass is 10.1. The molecule has 1 fully saturated rings. The second-order valence-corrected chi connectivity index (χ2v) is 8.79. The fourth-order valence-corrected chi connectivity index (χ4v) is 4.12. The number of anilines is 1. The van der Waals surface area contributed by atoms with E-state index in [-0.39, 0.29) is 12.0 Å². The van der Waals surface area contributed by atoms with Crippen molar-refractivity contribution in [1.29, 1.82) is 0 Å². The van der Waals surface area contributed by atoms with Crippen LogP contribution in [0, 0.1) is 0 Å². The summed E-state index contributed by atoms with van der Waals surface area (Å²) >= 11 is 0. The molecular formula is C23H29N9O. The van der Waals surface area contributed by atoms with Crippen molar-refractivity contribution in [3.05, 3.63) is 47.9 Å². The maximum Gasteiger partial charge on any atom is 0.322 e. The van der Waals surface area contributed by atoms with Crippen LogP contribution in [0.5, 0.6) is 6.01 Å². The standard InChI is InChI=1S/C23H29N9O/c1-15(2)19-13-27-32-21(19)28-23(33-17-8-10-31(3)11-9-17)29-22(32)24-12-16-6-4-5-7-18(16)20-25-14-26-30-20/h4-7,13-15,17H,8-12H2,1-3H3,(H,24,28,29)(H,25,26,30). The highest BCUT2D eigenvalue weighted by Crippen LogP contribution is 2.25. The Balaban J connectivity index is 1.45. The lowest BCUT2D eigenvalue weighted by Crippen LogP contribution is -2.36. The van der Waals surface area contributed by atoms with E-state index in [0.29, 0.717) is 18.5 Å². The Labute approximate surface area is 192 Å². The van der Waals surface area contributed by atoms with E-state index >= 15 is 0 Å². The number of H-pyrrole nitrogens is 1. The Kier molecular flexibility index (Phi) is 5.91. The van der Waals surface area contributed by atoms with E-state index in [2.05, 4.69) is 57.5 Å². The molecule has 5 rings (SSSR count). The molecule has 2 N–H and O–H groups in total. The van der Waals surface area contributed by atoms with Crippen molar-refractivity contribution in [2.45, 2.75) is 45.3 Å². The van der Waals surface area contributed by atoms with E-state index in [0.717, 1.165) is 54.1 Å². The molecule has 4 aromatic rings. The molecule has 1 saturated heterocycles. The number of piperidine rings is 1. The summed E-state index contributed by atoms with van der Waals surface area (Å²) in [6, 6.07) is 8.46. The first kappa shape index (κ1) is 21.3. The third kappa shape index (κ3) is 4.51. The number of ether oxygens (including phenoxy) is 1. The van der Waals surface area contributed by atoms with Crippen LogP contribution in [0.4, 0.5) is 5.95 Å². The molecule has 1 aromatic carbocycles. The monoisotopic (exact) mass is 447 g/mol. The molecule has 0 spiro atoms. The third-order valence-electron chi connectivity index (χ3n) is 6.06. The molecule has 1 aliphatic heterocycles. The molecule has 0 unspecified atom stereocenters. The Bertz CT molecular complexity index is 1210. The Morgan fingerprint density at radius 2 is 2.00 bits per heavy atom. The van der Waals surface area contributed by atoms with Gasteiger partial charge in [-0.25, -0.2) is 4.98 Å². The highest BCUT2D eigenvalue weighted by molar-refractivity contribution is 5.60. The number of likely N-dealkylation sites (tertiary alicyclic amines) is 1. The zero-order chi connectivity index (χ0) is 22.8. The molecule has 10 heteroatoms. The average Bonchev–Trinajstić information content (AvgIpc) is 3.49. The van der Waals surface area contributed by atoms with Gasteiger partial charge in [0.15, 0.2) is 11.5 Å². The van der Waals surface area contributed by atoms with Gasteiger partial charge in [0, 0.05) is 30.8 Å². The van der Waals surface area contributed by atoms with Gasteiger partial charge in [-0.2, -0.15) is 24.7 Å². The number of nitrogens with one attached hydrogen (secondary N) is 2. The number of nitrogens with zero attached hydrogens (tertiary/aromatic N) is 7. The number of benzene rings is 1. The first-order chi connectivity index (χ1) is 16.1. The zero-order valence-electron chi connectivity index (χ0n) is 19.2. The third-order valence-corrected chi connectivity index (χ3v) is 6.06. The fourth-order valence-electron chi connectivity index (χ4n) is 4.12. The quantitative estimate of drug-likeness (QED) is 0.445. The molecule has 0 saturated carbocycles. The van der Waals surface area contributed by atoms with E-state index in [1.807, 2.05) is 24.4 Å². The van der Waals surface area contributed by atoms with Gasteiger partial charge in [0.05, 0.1) is 6.20 Å². The molecule has 0 atom stereocenters. The normalized spacial score (nSPS) is 15.4. The van der Waals surface area contributed by atoms with Crippen LogP contribution in [0.25, 0.3) is 17.0 Å². The summed E-state index contributed by atoms with van der Waals surface area (Å²) in [6.45, 7) is 6.84. The number of rotatable bonds is 7. The second-order valence-electron chi connectivity index (χ2n) is 8.79. The molecule has 0 bridgehead atoms. The fraction of sp³-hybridized carbons (Fsp3) is 0.435. The number of fused-ring (bicyclic) bond motifs is 1. The van der Waals surface area contributed by atoms with Gasteiger partial charge < -0.3 is 15.0 Å². The first-order valence-corrected chi connectivity index (χ1v) is 11.4.